The second-order valence-corrected chi connectivity index (χ2v) is 10.3. The first-order chi connectivity index (χ1) is 12.7. The molecule has 0 unspecified atom stereocenters. The van der Waals surface area contributed by atoms with Crippen molar-refractivity contribution in [1.82, 2.24) is 4.31 Å². The van der Waals surface area contributed by atoms with E-state index in [4.69, 9.17) is 4.74 Å². The minimum Gasteiger partial charge on any atom is -0.495 e. The number of nitrogens with zero attached hydrogens (tertiary/aromatic N) is 1. The lowest BCUT2D eigenvalue weighted by molar-refractivity contribution is 0.103. The van der Waals surface area contributed by atoms with Crippen LogP contribution in [0.25, 0.3) is 0 Å². The Morgan fingerprint density at radius 1 is 1.30 bits per heavy atom. The summed E-state index contributed by atoms with van der Waals surface area (Å²) in [6, 6.07) is 6.40. The normalized spacial score (nSPS) is 16.9. The summed E-state index contributed by atoms with van der Waals surface area (Å²) in [5, 5.41) is 2.81. The monoisotopic (exact) mass is 408 g/mol. The van der Waals surface area contributed by atoms with E-state index in [9.17, 15) is 13.2 Å². The zero-order valence-electron chi connectivity index (χ0n) is 15.9. The van der Waals surface area contributed by atoms with Gasteiger partial charge in [0.15, 0.2) is 0 Å². The van der Waals surface area contributed by atoms with Gasteiger partial charge in [0.25, 0.3) is 5.91 Å². The summed E-state index contributed by atoms with van der Waals surface area (Å²) in [4.78, 5) is 14.8. The number of anilines is 1. The molecule has 0 radical (unpaired) electrons. The van der Waals surface area contributed by atoms with Crippen LogP contribution in [0.2, 0.25) is 0 Å². The van der Waals surface area contributed by atoms with Gasteiger partial charge in [0.1, 0.15) is 5.75 Å². The number of sulfonamides is 1. The Hall–Kier alpha value is -1.90. The number of methoxy groups -OCH3 is 1. The number of ether oxygens (including phenoxy) is 1. The average Bonchev–Trinajstić information content (AvgIpc) is 3.04. The number of fused-ring (bicyclic) bond motifs is 1. The van der Waals surface area contributed by atoms with E-state index in [1.54, 1.807) is 6.07 Å². The summed E-state index contributed by atoms with van der Waals surface area (Å²) >= 11 is 1.51. The van der Waals surface area contributed by atoms with Crippen molar-refractivity contribution in [1.29, 1.82) is 0 Å². The molecule has 8 heteroatoms. The lowest BCUT2D eigenvalue weighted by Crippen LogP contribution is -2.22. The van der Waals surface area contributed by atoms with E-state index in [2.05, 4.69) is 12.2 Å². The van der Waals surface area contributed by atoms with Crippen molar-refractivity contribution >= 4 is 33.0 Å². The Kier molecular flexibility index (Phi) is 5.60. The van der Waals surface area contributed by atoms with Gasteiger partial charge in [-0.3, -0.25) is 4.79 Å². The zero-order chi connectivity index (χ0) is 19.8. The molecule has 3 rings (SSSR count). The number of amides is 1. The molecule has 1 amide bonds. The van der Waals surface area contributed by atoms with Crippen LogP contribution in [0.5, 0.6) is 5.75 Å². The summed E-state index contributed by atoms with van der Waals surface area (Å²) in [5.74, 6) is 0.798. The van der Waals surface area contributed by atoms with Gasteiger partial charge in [-0.25, -0.2) is 12.7 Å². The van der Waals surface area contributed by atoms with Crippen LogP contribution in [-0.2, 0) is 22.9 Å². The van der Waals surface area contributed by atoms with Gasteiger partial charge < -0.3 is 10.1 Å². The first-order valence-corrected chi connectivity index (χ1v) is 11.0. The second kappa shape index (κ2) is 7.61. The highest BCUT2D eigenvalue weighted by molar-refractivity contribution is 7.89. The average molecular weight is 409 g/mol. The summed E-state index contributed by atoms with van der Waals surface area (Å²) in [5.41, 5.74) is 1.59. The van der Waals surface area contributed by atoms with Crippen molar-refractivity contribution in [3.05, 3.63) is 39.6 Å². The van der Waals surface area contributed by atoms with Crippen LogP contribution in [0.4, 0.5) is 5.69 Å². The number of carbonyl (C=O) groups excluding carboxylic acids is 1. The maximum absolute atomic E-state index is 12.8. The second-order valence-electron chi connectivity index (χ2n) is 7.01. The van der Waals surface area contributed by atoms with E-state index in [-0.39, 0.29) is 10.8 Å². The molecule has 27 heavy (non-hydrogen) atoms. The summed E-state index contributed by atoms with van der Waals surface area (Å²) < 4.78 is 31.2. The number of hydrogen-bond acceptors (Lipinski definition) is 5. The first kappa shape index (κ1) is 19.9. The molecule has 1 aromatic carbocycles. The predicted molar refractivity (Wildman–Crippen MR) is 107 cm³/mol. The molecule has 0 aliphatic heterocycles. The van der Waals surface area contributed by atoms with E-state index in [0.29, 0.717) is 22.2 Å². The van der Waals surface area contributed by atoms with Crippen LogP contribution in [-0.4, -0.2) is 39.8 Å². The number of nitrogens with one attached hydrogen (secondary N) is 1. The predicted octanol–water partition coefficient (Wildman–Crippen LogP) is 3.38. The van der Waals surface area contributed by atoms with Crippen LogP contribution in [0.1, 0.15) is 33.5 Å². The Bertz CT molecular complexity index is 964. The van der Waals surface area contributed by atoms with Crippen molar-refractivity contribution in [3.8, 4) is 5.75 Å². The highest BCUT2D eigenvalue weighted by Crippen LogP contribution is 2.34. The van der Waals surface area contributed by atoms with Crippen molar-refractivity contribution in [3.63, 3.8) is 0 Å². The molecule has 1 aromatic heterocycles. The van der Waals surface area contributed by atoms with E-state index in [0.717, 1.165) is 23.6 Å². The molecule has 6 nitrogen and oxygen atoms in total. The third-order valence-corrected chi connectivity index (χ3v) is 7.80. The quantitative estimate of drug-likeness (QED) is 0.823. The Morgan fingerprint density at radius 3 is 2.70 bits per heavy atom. The smallest absolute Gasteiger partial charge is 0.265 e. The molecule has 1 aliphatic rings. The topological polar surface area (TPSA) is 75.7 Å². The molecule has 0 saturated carbocycles. The van der Waals surface area contributed by atoms with Crippen molar-refractivity contribution in [2.75, 3.05) is 26.5 Å². The molecule has 0 fully saturated rings. The number of hydrogen-bond donors (Lipinski definition) is 1. The SMILES string of the molecule is COc1ccc(S(=O)(=O)N(C)C)cc1NC(=O)c1cc2c(s1)CC[C@H](C)C2. The van der Waals surface area contributed by atoms with Crippen molar-refractivity contribution in [2.45, 2.75) is 31.1 Å². The van der Waals surface area contributed by atoms with Crippen LogP contribution in [0.15, 0.2) is 29.2 Å². The highest BCUT2D eigenvalue weighted by atomic mass is 32.2. The summed E-state index contributed by atoms with van der Waals surface area (Å²) in [6.07, 6.45) is 3.15. The van der Waals surface area contributed by atoms with E-state index >= 15 is 0 Å². The summed E-state index contributed by atoms with van der Waals surface area (Å²) in [7, 11) is 0.813. The van der Waals surface area contributed by atoms with Gasteiger partial charge in [0.05, 0.1) is 22.6 Å². The maximum Gasteiger partial charge on any atom is 0.265 e. The Balaban J connectivity index is 1.89. The molecular formula is C19H24N2O4S2. The Morgan fingerprint density at radius 2 is 2.04 bits per heavy atom. The fourth-order valence-electron chi connectivity index (χ4n) is 3.16. The molecule has 1 aliphatic carbocycles. The molecule has 0 bridgehead atoms. The molecule has 146 valence electrons. The molecule has 1 atom stereocenters. The molecule has 1 heterocycles. The van der Waals surface area contributed by atoms with Gasteiger partial charge in [0, 0.05) is 19.0 Å². The van der Waals surface area contributed by atoms with Crippen molar-refractivity contribution < 1.29 is 17.9 Å². The number of thiophene rings is 1. The number of benzene rings is 1. The summed E-state index contributed by atoms with van der Waals surface area (Å²) in [6.45, 7) is 2.22. The fourth-order valence-corrected chi connectivity index (χ4v) is 5.19. The number of rotatable bonds is 5. The van der Waals surface area contributed by atoms with Crippen molar-refractivity contribution in [2.24, 2.45) is 5.92 Å². The fraction of sp³-hybridized carbons (Fsp3) is 0.421. The molecular weight excluding hydrogens is 384 g/mol. The van der Waals surface area contributed by atoms with Gasteiger partial charge in [-0.05, 0) is 55.0 Å². The maximum atomic E-state index is 12.8. The van der Waals surface area contributed by atoms with Gasteiger partial charge in [0.2, 0.25) is 10.0 Å². The molecule has 0 spiro atoms. The van der Waals surface area contributed by atoms with Gasteiger partial charge in [-0.2, -0.15) is 0 Å². The van der Waals surface area contributed by atoms with E-state index < -0.39 is 10.0 Å². The Labute approximate surface area is 164 Å². The standard InChI is InChI=1S/C19H24N2O4S2/c1-12-5-8-17-13(9-12)10-18(26-17)19(22)20-15-11-14(6-7-16(15)25-4)27(23,24)21(2)3/h6-7,10-12H,5,8-9H2,1-4H3,(H,20,22)/t12-/m0/s1. The zero-order valence-corrected chi connectivity index (χ0v) is 17.5. The number of aryl methyl sites for hydroxylation is 1. The lowest BCUT2D eigenvalue weighted by Gasteiger charge is -2.16. The van der Waals surface area contributed by atoms with E-state index in [1.165, 1.54) is 55.1 Å². The van der Waals surface area contributed by atoms with E-state index in [1.807, 2.05) is 6.07 Å². The molecule has 1 N–H and O–H groups in total. The largest absolute Gasteiger partial charge is 0.495 e. The van der Waals surface area contributed by atoms with Crippen LogP contribution < -0.4 is 10.1 Å². The minimum absolute atomic E-state index is 0.0999. The van der Waals surface area contributed by atoms with Gasteiger partial charge in [-0.15, -0.1) is 11.3 Å². The minimum atomic E-state index is -3.60. The highest BCUT2D eigenvalue weighted by Gasteiger charge is 2.23. The third kappa shape index (κ3) is 4.02. The van der Waals surface area contributed by atoms with Gasteiger partial charge in [-0.1, -0.05) is 6.92 Å². The number of carbonyl (C=O) groups is 1. The third-order valence-electron chi connectivity index (χ3n) is 4.75. The van der Waals surface area contributed by atoms with Gasteiger partial charge >= 0.3 is 0 Å². The first-order valence-electron chi connectivity index (χ1n) is 8.76. The van der Waals surface area contributed by atoms with Crippen LogP contribution in [0, 0.1) is 5.92 Å². The van der Waals surface area contributed by atoms with Crippen LogP contribution in [0.3, 0.4) is 0 Å². The molecule has 2 aromatic rings. The van der Waals surface area contributed by atoms with Crippen LogP contribution >= 0.6 is 11.3 Å². The molecule has 0 saturated heterocycles. The lowest BCUT2D eigenvalue weighted by atomic mass is 9.90.